The van der Waals surface area contributed by atoms with Crippen LogP contribution in [-0.2, 0) is 38.4 Å². The normalized spacial score (nSPS) is 25.8. The van der Waals surface area contributed by atoms with E-state index >= 15 is 0 Å². The molecule has 0 radical (unpaired) electrons. The van der Waals surface area contributed by atoms with Crippen molar-refractivity contribution >= 4 is 44.6 Å². The van der Waals surface area contributed by atoms with Crippen molar-refractivity contribution < 1.29 is 46.0 Å². The number of hydrogen-bond donors (Lipinski definition) is 1. The summed E-state index contributed by atoms with van der Waals surface area (Å²) in [5.41, 5.74) is -2.73. The number of ether oxygens (including phenoxy) is 3. The number of rotatable bonds is 14. The molecule has 15 heteroatoms. The zero-order valence-corrected chi connectivity index (χ0v) is 32.3. The first kappa shape index (κ1) is 38.9. The second kappa shape index (κ2) is 14.8. The van der Waals surface area contributed by atoms with Crippen LogP contribution in [0.25, 0.3) is 10.8 Å². The number of amides is 3. The van der Waals surface area contributed by atoms with E-state index in [2.05, 4.69) is 9.71 Å². The highest BCUT2D eigenvalue weighted by Crippen LogP contribution is 2.58. The Morgan fingerprint density at radius 3 is 2.45 bits per heavy atom. The number of hydrogen-bond acceptors (Lipinski definition) is 11. The molecule has 0 bridgehead atoms. The van der Waals surface area contributed by atoms with E-state index in [1.807, 2.05) is 45.9 Å². The van der Waals surface area contributed by atoms with Crippen LogP contribution < -0.4 is 14.2 Å². The number of methoxy groups -OCH3 is 1. The van der Waals surface area contributed by atoms with Gasteiger partial charge in [-0.05, 0) is 67.2 Å². The lowest BCUT2D eigenvalue weighted by Crippen LogP contribution is -2.50. The van der Waals surface area contributed by atoms with E-state index in [0.717, 1.165) is 10.8 Å². The number of fused-ring (bicyclic) bond motifs is 1. The Labute approximate surface area is 311 Å². The van der Waals surface area contributed by atoms with Crippen LogP contribution >= 0.6 is 0 Å². The fourth-order valence-electron chi connectivity index (χ4n) is 7.70. The van der Waals surface area contributed by atoms with Gasteiger partial charge in [0, 0.05) is 43.9 Å². The second-order valence-corrected chi connectivity index (χ2v) is 17.6. The van der Waals surface area contributed by atoms with Gasteiger partial charge in [0.05, 0.1) is 49.8 Å². The maximum atomic E-state index is 14.7. The number of likely N-dealkylation sites (tertiary alicyclic amines) is 1. The summed E-state index contributed by atoms with van der Waals surface area (Å²) in [5.74, 6) is -1.63. The molecule has 53 heavy (non-hydrogen) atoms. The summed E-state index contributed by atoms with van der Waals surface area (Å²) in [7, 11) is -2.82. The van der Waals surface area contributed by atoms with Crippen molar-refractivity contribution in [2.45, 2.75) is 97.3 Å². The van der Waals surface area contributed by atoms with Gasteiger partial charge in [-0.2, -0.15) is 8.42 Å². The van der Waals surface area contributed by atoms with Crippen molar-refractivity contribution in [3.8, 4) is 11.6 Å². The number of morpholine rings is 1. The number of Topliss-reactive ketones (excluding diaryl/α,β-unsaturated/α-hetero) is 1. The second-order valence-electron chi connectivity index (χ2n) is 16.3. The molecular formula is C38H52N4O10S. The number of ketones is 1. The largest absolute Gasteiger partial charge is 0.497 e. The van der Waals surface area contributed by atoms with Crippen molar-refractivity contribution in [3.05, 3.63) is 30.5 Å². The number of pyridine rings is 1. The Bertz CT molecular complexity index is 1850. The molecule has 290 valence electrons. The Hall–Kier alpha value is -3.82. The minimum Gasteiger partial charge on any atom is -0.497 e. The molecular weight excluding hydrogens is 705 g/mol. The summed E-state index contributed by atoms with van der Waals surface area (Å²) >= 11 is 0. The number of benzene rings is 1. The summed E-state index contributed by atoms with van der Waals surface area (Å²) in [6, 6.07) is 6.35. The molecule has 6 rings (SSSR count). The quantitative estimate of drug-likeness (QED) is 0.297. The molecule has 3 amide bonds. The molecule has 2 aliphatic carbocycles. The van der Waals surface area contributed by atoms with E-state index in [4.69, 9.17) is 18.4 Å². The third-order valence-corrected chi connectivity index (χ3v) is 12.4. The van der Waals surface area contributed by atoms with Gasteiger partial charge in [0.25, 0.3) is 0 Å². The van der Waals surface area contributed by atoms with Crippen molar-refractivity contribution in [3.63, 3.8) is 0 Å². The maximum absolute atomic E-state index is 14.7. The lowest BCUT2D eigenvalue weighted by atomic mass is 9.77. The molecule has 3 heterocycles. The van der Waals surface area contributed by atoms with Crippen molar-refractivity contribution in [1.29, 1.82) is 0 Å². The SMILES string of the molecule is CC[C@@H]1C[C@]1(CC(=O)[C@@H]1C[C@@H](Oc2nccc3cc(OC)ccc23)CN1C(=O)[C@@H](CC(=O)N1CCOCC1)C(C)(C)C)C(=O)NS(=O)(=O)OC1(C)CC1. The highest BCUT2D eigenvalue weighted by molar-refractivity contribution is 7.85. The molecule has 5 atom stereocenters. The number of carbonyl (C=O) groups excluding carboxylic acids is 4. The minimum absolute atomic E-state index is 0.0426. The molecule has 4 fully saturated rings. The fourth-order valence-corrected chi connectivity index (χ4v) is 8.87. The standard InChI is InChI=1S/C38H52N4O10S/c1-7-25-21-38(25,35(46)40-53(47,48)52-37(5)11-12-37)22-31(43)30-19-27(51-33-28-9-8-26(49-6)18-24(28)10-13-39-33)23-42(30)34(45)29(36(2,3)4)20-32(44)41-14-16-50-17-15-41/h8-10,13,18,25,27,29-30H,7,11-12,14-17,19-23H2,1-6H3,(H,40,46)/t25-,27-,29-,30+,38-/m1/s1. The first-order valence-corrected chi connectivity index (χ1v) is 19.9. The van der Waals surface area contributed by atoms with Gasteiger partial charge in [0.1, 0.15) is 11.9 Å². The predicted octanol–water partition coefficient (Wildman–Crippen LogP) is 3.81. The number of aromatic nitrogens is 1. The Kier molecular flexibility index (Phi) is 10.8. The van der Waals surface area contributed by atoms with E-state index in [1.165, 1.54) is 4.90 Å². The maximum Gasteiger partial charge on any atom is 0.362 e. The topological polar surface area (TPSA) is 171 Å². The predicted molar refractivity (Wildman–Crippen MR) is 194 cm³/mol. The lowest BCUT2D eigenvalue weighted by Gasteiger charge is -2.36. The molecule has 2 aromatic rings. The molecule has 1 N–H and O–H groups in total. The van der Waals surface area contributed by atoms with Gasteiger partial charge in [-0.15, -0.1) is 0 Å². The van der Waals surface area contributed by atoms with Gasteiger partial charge in [-0.25, -0.2) is 13.9 Å². The Morgan fingerprint density at radius 1 is 1.11 bits per heavy atom. The lowest BCUT2D eigenvalue weighted by molar-refractivity contribution is -0.149. The fraction of sp³-hybridized carbons (Fsp3) is 0.658. The van der Waals surface area contributed by atoms with Crippen LogP contribution in [0.2, 0.25) is 0 Å². The van der Waals surface area contributed by atoms with Crippen LogP contribution in [0, 0.1) is 22.7 Å². The Balaban J connectivity index is 1.27. The zero-order valence-electron chi connectivity index (χ0n) is 31.5. The summed E-state index contributed by atoms with van der Waals surface area (Å²) < 4.78 is 50.2. The third-order valence-electron chi connectivity index (χ3n) is 11.4. The molecule has 14 nitrogen and oxygen atoms in total. The number of nitrogens with zero attached hydrogens (tertiary/aromatic N) is 3. The Morgan fingerprint density at radius 2 is 1.83 bits per heavy atom. The van der Waals surface area contributed by atoms with Crippen molar-refractivity contribution in [2.24, 2.45) is 22.7 Å². The van der Waals surface area contributed by atoms with E-state index in [-0.39, 0.29) is 49.3 Å². The van der Waals surface area contributed by atoms with E-state index < -0.39 is 50.7 Å². The first-order chi connectivity index (χ1) is 25.0. The average molecular weight is 757 g/mol. The van der Waals surface area contributed by atoms with Gasteiger partial charge < -0.3 is 24.0 Å². The highest BCUT2D eigenvalue weighted by Gasteiger charge is 2.62. The monoisotopic (exact) mass is 756 g/mol. The van der Waals surface area contributed by atoms with Crippen LogP contribution in [0.5, 0.6) is 11.6 Å². The van der Waals surface area contributed by atoms with Crippen LogP contribution in [-0.4, -0.2) is 104 Å². The minimum atomic E-state index is -4.40. The van der Waals surface area contributed by atoms with Crippen molar-refractivity contribution in [2.75, 3.05) is 40.0 Å². The molecule has 1 aromatic carbocycles. The third kappa shape index (κ3) is 8.62. The first-order valence-electron chi connectivity index (χ1n) is 18.5. The molecule has 2 saturated heterocycles. The van der Waals surface area contributed by atoms with Gasteiger partial charge >= 0.3 is 10.3 Å². The molecule has 2 aliphatic heterocycles. The van der Waals surface area contributed by atoms with E-state index in [0.29, 0.717) is 63.6 Å². The zero-order chi connectivity index (χ0) is 38.3. The molecule has 2 saturated carbocycles. The van der Waals surface area contributed by atoms with Gasteiger partial charge in [0.15, 0.2) is 5.78 Å². The summed E-state index contributed by atoms with van der Waals surface area (Å²) in [4.78, 5) is 64.0. The smallest absolute Gasteiger partial charge is 0.362 e. The van der Waals surface area contributed by atoms with Crippen LogP contribution in [0.1, 0.15) is 79.6 Å². The molecule has 1 aromatic heterocycles. The van der Waals surface area contributed by atoms with Crippen molar-refractivity contribution in [1.82, 2.24) is 19.5 Å². The van der Waals surface area contributed by atoms with Gasteiger partial charge in [0.2, 0.25) is 23.6 Å². The van der Waals surface area contributed by atoms with Crippen LogP contribution in [0.15, 0.2) is 30.5 Å². The highest BCUT2D eigenvalue weighted by atomic mass is 32.2. The van der Waals surface area contributed by atoms with Crippen LogP contribution in [0.3, 0.4) is 0 Å². The van der Waals surface area contributed by atoms with E-state index in [1.54, 1.807) is 31.2 Å². The number of nitrogens with one attached hydrogen (secondary N) is 1. The van der Waals surface area contributed by atoms with Gasteiger partial charge in [-0.3, -0.25) is 19.2 Å². The summed E-state index contributed by atoms with van der Waals surface area (Å²) in [6.07, 6.45) is 2.82. The summed E-state index contributed by atoms with van der Waals surface area (Å²) in [6.45, 7) is 11.0. The molecule has 4 aliphatic rings. The average Bonchev–Trinajstić information content (AvgIpc) is 3.98. The van der Waals surface area contributed by atoms with Gasteiger partial charge in [-0.1, -0.05) is 34.1 Å². The van der Waals surface area contributed by atoms with E-state index in [9.17, 15) is 27.6 Å². The number of carbonyl (C=O) groups is 4. The van der Waals surface area contributed by atoms with Crippen LogP contribution in [0.4, 0.5) is 0 Å². The molecule has 0 spiro atoms. The molecule has 0 unspecified atom stereocenters. The summed E-state index contributed by atoms with van der Waals surface area (Å²) in [5, 5.41) is 1.57.